The maximum Gasteiger partial charge on any atom is 0.151 e. The molecule has 0 radical (unpaired) electrons. The molecule has 2 bridgehead atoms. The van der Waals surface area contributed by atoms with Gasteiger partial charge in [0.15, 0.2) is 5.78 Å². The molecule has 2 aromatic carbocycles. The molecule has 0 unspecified atom stereocenters. The largest absolute Gasteiger partial charge is 0.333 e. The van der Waals surface area contributed by atoms with Gasteiger partial charge >= 0.3 is 0 Å². The molecular weight excluding hydrogens is 270 g/mol. The molecule has 2 N–H and O–H groups in total. The van der Waals surface area contributed by atoms with Crippen LogP contribution in [0.4, 0.5) is 0 Å². The van der Waals surface area contributed by atoms with Crippen molar-refractivity contribution < 1.29 is 10.1 Å². The highest BCUT2D eigenvalue weighted by Gasteiger charge is 2.49. The quantitative estimate of drug-likeness (QED) is 0.907. The lowest BCUT2D eigenvalue weighted by Crippen LogP contribution is -2.92. The second-order valence-electron chi connectivity index (χ2n) is 6.61. The van der Waals surface area contributed by atoms with Crippen LogP contribution < -0.4 is 5.32 Å². The molecule has 2 heteroatoms. The van der Waals surface area contributed by atoms with Crippen LogP contribution in [0.5, 0.6) is 0 Å². The number of hydrogen-bond acceptors (Lipinski definition) is 1. The third-order valence-corrected chi connectivity index (χ3v) is 5.41. The number of benzene rings is 2. The van der Waals surface area contributed by atoms with Gasteiger partial charge in [0.25, 0.3) is 0 Å². The summed E-state index contributed by atoms with van der Waals surface area (Å²) in [4.78, 5) is 13.0. The highest BCUT2D eigenvalue weighted by Crippen LogP contribution is 2.41. The molecule has 1 saturated heterocycles. The van der Waals surface area contributed by atoms with Gasteiger partial charge in [-0.15, -0.1) is 0 Å². The van der Waals surface area contributed by atoms with Gasteiger partial charge < -0.3 is 5.32 Å². The Balaban J connectivity index is 1.73. The van der Waals surface area contributed by atoms with Crippen LogP contribution in [0.1, 0.15) is 42.5 Å². The maximum absolute atomic E-state index is 13.0. The van der Waals surface area contributed by atoms with Crippen molar-refractivity contribution in [2.45, 2.75) is 31.3 Å². The average Bonchev–Trinajstić information content (AvgIpc) is 2.57. The lowest BCUT2D eigenvalue weighted by atomic mass is 9.67. The van der Waals surface area contributed by atoms with E-state index in [0.717, 1.165) is 12.8 Å². The predicted octanol–water partition coefficient (Wildman–Crippen LogP) is 3.03. The Morgan fingerprint density at radius 1 is 0.727 bits per heavy atom. The topological polar surface area (TPSA) is 33.7 Å². The highest BCUT2D eigenvalue weighted by molar-refractivity contribution is 5.86. The first kappa shape index (κ1) is 13.7. The molecule has 112 valence electrons. The van der Waals surface area contributed by atoms with E-state index in [-0.39, 0.29) is 23.9 Å². The second kappa shape index (κ2) is 5.69. The van der Waals surface area contributed by atoms with Crippen molar-refractivity contribution in [2.24, 2.45) is 11.8 Å². The number of piperidine rings is 1. The summed E-state index contributed by atoms with van der Waals surface area (Å²) in [5, 5.41) is 2.46. The van der Waals surface area contributed by atoms with Gasteiger partial charge in [0.1, 0.15) is 12.1 Å². The SMILES string of the molecule is O=C1[C@@H]2CCC[C@@H]1[C@H](c1ccccc1)[NH2+][C@@H]2c1ccccc1. The summed E-state index contributed by atoms with van der Waals surface area (Å²) in [6, 6.07) is 21.7. The normalized spacial score (nSPS) is 31.0. The van der Waals surface area contributed by atoms with Gasteiger partial charge in [0.05, 0.1) is 11.8 Å². The van der Waals surface area contributed by atoms with E-state index in [0.29, 0.717) is 5.78 Å². The summed E-state index contributed by atoms with van der Waals surface area (Å²) in [5.41, 5.74) is 2.59. The highest BCUT2D eigenvalue weighted by atomic mass is 16.1. The molecule has 2 fully saturated rings. The van der Waals surface area contributed by atoms with Crippen LogP contribution in [0.3, 0.4) is 0 Å². The minimum Gasteiger partial charge on any atom is -0.333 e. The van der Waals surface area contributed by atoms with E-state index in [1.807, 2.05) is 12.1 Å². The number of fused-ring (bicyclic) bond motifs is 2. The summed E-state index contributed by atoms with van der Waals surface area (Å²) in [7, 11) is 0. The zero-order chi connectivity index (χ0) is 14.9. The van der Waals surface area contributed by atoms with Crippen molar-refractivity contribution in [2.75, 3.05) is 0 Å². The van der Waals surface area contributed by atoms with E-state index in [9.17, 15) is 4.79 Å². The number of carbonyl (C=O) groups excluding carboxylic acids is 1. The van der Waals surface area contributed by atoms with Gasteiger partial charge in [-0.3, -0.25) is 4.79 Å². The van der Waals surface area contributed by atoms with Crippen molar-refractivity contribution in [1.29, 1.82) is 0 Å². The Kier molecular flexibility index (Phi) is 3.55. The molecule has 0 aromatic heterocycles. The monoisotopic (exact) mass is 292 g/mol. The number of hydrogen-bond donors (Lipinski definition) is 1. The lowest BCUT2D eigenvalue weighted by Gasteiger charge is -2.42. The molecule has 1 aliphatic carbocycles. The van der Waals surface area contributed by atoms with E-state index in [1.54, 1.807) is 0 Å². The van der Waals surface area contributed by atoms with E-state index >= 15 is 0 Å². The molecule has 2 aliphatic rings. The number of quaternary nitrogens is 1. The minimum absolute atomic E-state index is 0.195. The van der Waals surface area contributed by atoms with Gasteiger partial charge in [0, 0.05) is 11.1 Å². The molecule has 22 heavy (non-hydrogen) atoms. The fourth-order valence-corrected chi connectivity index (χ4v) is 4.36. The van der Waals surface area contributed by atoms with Crippen LogP contribution >= 0.6 is 0 Å². The van der Waals surface area contributed by atoms with Crippen LogP contribution in [0, 0.1) is 11.8 Å². The molecule has 1 heterocycles. The Hall–Kier alpha value is -1.93. The number of Topliss-reactive ketones (excluding diaryl/α,β-unsaturated/α-hetero) is 1. The summed E-state index contributed by atoms with van der Waals surface area (Å²) < 4.78 is 0. The van der Waals surface area contributed by atoms with Crippen molar-refractivity contribution in [3.05, 3.63) is 71.8 Å². The summed E-state index contributed by atoms with van der Waals surface area (Å²) >= 11 is 0. The van der Waals surface area contributed by atoms with Gasteiger partial charge in [-0.1, -0.05) is 67.1 Å². The van der Waals surface area contributed by atoms with E-state index in [1.165, 1.54) is 17.5 Å². The Labute approximate surface area is 131 Å². The van der Waals surface area contributed by atoms with Crippen molar-refractivity contribution in [3.8, 4) is 0 Å². The zero-order valence-corrected chi connectivity index (χ0v) is 12.7. The molecular formula is C20H22NO+. The molecule has 2 aromatic rings. The summed E-state index contributed by atoms with van der Waals surface area (Å²) in [5.74, 6) is 0.888. The van der Waals surface area contributed by atoms with E-state index in [4.69, 9.17) is 0 Å². The molecule has 4 atom stereocenters. The van der Waals surface area contributed by atoms with Gasteiger partial charge in [0.2, 0.25) is 0 Å². The Bertz CT molecular complexity index is 596. The first-order valence-electron chi connectivity index (χ1n) is 8.33. The lowest BCUT2D eigenvalue weighted by molar-refractivity contribution is -0.750. The smallest absolute Gasteiger partial charge is 0.151 e. The van der Waals surface area contributed by atoms with E-state index < -0.39 is 0 Å². The average molecular weight is 292 g/mol. The molecule has 1 saturated carbocycles. The predicted molar refractivity (Wildman–Crippen MR) is 86.1 cm³/mol. The van der Waals surface area contributed by atoms with Crippen LogP contribution in [0.15, 0.2) is 60.7 Å². The molecule has 0 amide bonds. The van der Waals surface area contributed by atoms with Crippen LogP contribution in [0.25, 0.3) is 0 Å². The van der Waals surface area contributed by atoms with Gasteiger partial charge in [-0.05, 0) is 12.8 Å². The van der Waals surface area contributed by atoms with Gasteiger partial charge in [-0.25, -0.2) is 0 Å². The Morgan fingerprint density at radius 3 is 1.64 bits per heavy atom. The number of nitrogens with two attached hydrogens (primary N) is 1. The molecule has 4 rings (SSSR count). The number of carbonyl (C=O) groups is 1. The third-order valence-electron chi connectivity index (χ3n) is 5.41. The van der Waals surface area contributed by atoms with Crippen LogP contribution in [-0.2, 0) is 4.79 Å². The third kappa shape index (κ3) is 2.28. The fraction of sp³-hybridized carbons (Fsp3) is 0.350. The van der Waals surface area contributed by atoms with Crippen LogP contribution in [0.2, 0.25) is 0 Å². The standard InChI is InChI=1S/C20H21NO/c22-20-16-12-7-13-17(20)19(15-10-5-2-6-11-15)21-18(16)14-8-3-1-4-9-14/h1-6,8-11,16-19,21H,7,12-13H2/p+1/t16-,17-,18-,19+/m1/s1. The number of rotatable bonds is 2. The zero-order valence-electron chi connectivity index (χ0n) is 12.7. The van der Waals surface area contributed by atoms with E-state index in [2.05, 4.69) is 53.8 Å². The van der Waals surface area contributed by atoms with Crippen molar-refractivity contribution >= 4 is 5.78 Å². The fourth-order valence-electron chi connectivity index (χ4n) is 4.36. The van der Waals surface area contributed by atoms with Gasteiger partial charge in [-0.2, -0.15) is 0 Å². The number of ketones is 1. The molecule has 2 nitrogen and oxygen atoms in total. The van der Waals surface area contributed by atoms with Crippen molar-refractivity contribution in [1.82, 2.24) is 0 Å². The second-order valence-corrected chi connectivity index (χ2v) is 6.61. The molecule has 0 spiro atoms. The minimum atomic E-state index is 0.195. The summed E-state index contributed by atoms with van der Waals surface area (Å²) in [6.07, 6.45) is 3.28. The maximum atomic E-state index is 13.0. The molecule has 1 aliphatic heterocycles. The van der Waals surface area contributed by atoms with Crippen molar-refractivity contribution in [3.63, 3.8) is 0 Å². The Morgan fingerprint density at radius 2 is 1.18 bits per heavy atom. The first-order chi connectivity index (χ1) is 10.8. The summed E-state index contributed by atoms with van der Waals surface area (Å²) in [6.45, 7) is 0. The van der Waals surface area contributed by atoms with Crippen LogP contribution in [-0.4, -0.2) is 5.78 Å². The first-order valence-corrected chi connectivity index (χ1v) is 8.33.